The molecule has 0 radical (unpaired) electrons. The van der Waals surface area contributed by atoms with E-state index in [1.165, 1.54) is 14.0 Å². The summed E-state index contributed by atoms with van der Waals surface area (Å²) in [5.41, 5.74) is 0.324. The molecule has 1 aromatic carbocycles. The number of nitriles is 1. The third-order valence-corrected chi connectivity index (χ3v) is 4.60. The van der Waals surface area contributed by atoms with E-state index in [2.05, 4.69) is 21.3 Å². The van der Waals surface area contributed by atoms with E-state index in [0.29, 0.717) is 5.56 Å². The molecule has 1 rings (SSSR count). The molecule has 174 valence electrons. The van der Waals surface area contributed by atoms with Crippen molar-refractivity contribution in [3.05, 3.63) is 35.9 Å². The van der Waals surface area contributed by atoms with Gasteiger partial charge in [0.15, 0.2) is 0 Å². The van der Waals surface area contributed by atoms with Gasteiger partial charge in [0.2, 0.25) is 17.7 Å². The maximum Gasteiger partial charge on any atom is 0.251 e. The predicted octanol–water partition coefficient (Wildman–Crippen LogP) is -0.159. The largest absolute Gasteiger partial charge is 0.391 e. The van der Waals surface area contributed by atoms with E-state index in [1.54, 1.807) is 30.3 Å². The number of nitrogens with zero attached hydrogens (tertiary/aromatic N) is 1. The summed E-state index contributed by atoms with van der Waals surface area (Å²) in [5, 5.41) is 28.8. The van der Waals surface area contributed by atoms with Crippen molar-refractivity contribution >= 4 is 23.6 Å². The first-order valence-electron chi connectivity index (χ1n) is 10.3. The Balaban J connectivity index is 2.97. The van der Waals surface area contributed by atoms with Crippen LogP contribution in [0.25, 0.3) is 0 Å². The monoisotopic (exact) mass is 445 g/mol. The minimum atomic E-state index is -1.20. The fraction of sp³-hybridized carbons (Fsp3) is 0.500. The van der Waals surface area contributed by atoms with Gasteiger partial charge in [-0.3, -0.25) is 19.2 Å². The summed E-state index contributed by atoms with van der Waals surface area (Å²) in [6, 6.07) is 6.66. The Labute approximate surface area is 187 Å². The zero-order chi connectivity index (χ0) is 24.3. The quantitative estimate of drug-likeness (QED) is 0.318. The summed E-state index contributed by atoms with van der Waals surface area (Å²) < 4.78 is 0. The molecular weight excluding hydrogens is 414 g/mol. The molecule has 1 aromatic rings. The third-order valence-electron chi connectivity index (χ3n) is 4.60. The van der Waals surface area contributed by atoms with Gasteiger partial charge in [-0.05, 0) is 31.4 Å². The van der Waals surface area contributed by atoms with Gasteiger partial charge in [-0.15, -0.1) is 0 Å². The summed E-state index contributed by atoms with van der Waals surface area (Å²) in [6.07, 6.45) is -1.22. The molecule has 0 unspecified atom stereocenters. The Kier molecular flexibility index (Phi) is 10.9. The minimum absolute atomic E-state index is 0.00405. The Morgan fingerprint density at radius 1 is 0.938 bits per heavy atom. The lowest BCUT2D eigenvalue weighted by atomic mass is 10.0. The normalized spacial score (nSPS) is 14.3. The van der Waals surface area contributed by atoms with Crippen LogP contribution in [0.3, 0.4) is 0 Å². The van der Waals surface area contributed by atoms with Crippen molar-refractivity contribution in [2.24, 2.45) is 5.92 Å². The second-order valence-electron chi connectivity index (χ2n) is 7.79. The Bertz CT molecular complexity index is 835. The van der Waals surface area contributed by atoms with Gasteiger partial charge >= 0.3 is 0 Å². The summed E-state index contributed by atoms with van der Waals surface area (Å²) in [6.45, 7) is 5.06. The smallest absolute Gasteiger partial charge is 0.251 e. The topological polar surface area (TPSA) is 160 Å². The predicted molar refractivity (Wildman–Crippen MR) is 117 cm³/mol. The number of carbonyl (C=O) groups is 4. The number of rotatable bonds is 11. The van der Waals surface area contributed by atoms with Crippen molar-refractivity contribution < 1.29 is 24.3 Å². The zero-order valence-corrected chi connectivity index (χ0v) is 18.7. The fourth-order valence-corrected chi connectivity index (χ4v) is 2.92. The van der Waals surface area contributed by atoms with Crippen molar-refractivity contribution in [1.29, 1.82) is 5.26 Å². The average molecular weight is 446 g/mol. The molecule has 10 nitrogen and oxygen atoms in total. The maximum absolute atomic E-state index is 12.8. The average Bonchev–Trinajstić information content (AvgIpc) is 2.75. The summed E-state index contributed by atoms with van der Waals surface area (Å²) >= 11 is 0. The van der Waals surface area contributed by atoms with Crippen LogP contribution in [0.1, 0.15) is 44.0 Å². The van der Waals surface area contributed by atoms with Crippen molar-refractivity contribution in [1.82, 2.24) is 21.3 Å². The molecule has 32 heavy (non-hydrogen) atoms. The standard InChI is InChI=1S/C22H31N5O5/c1-13(2)12-17(21(31)27-18(14(3)28)22(32)24-4)26-20(30)16(10-11-23)25-19(29)15-8-6-5-7-9-15/h5-9,13-14,16-18,28H,10,12H2,1-4H3,(H,24,32)(H,25,29)(H,26,30)(H,27,31)/t14-,16+,17+,18+/m1/s1. The molecule has 0 aliphatic carbocycles. The zero-order valence-electron chi connectivity index (χ0n) is 18.7. The molecule has 5 N–H and O–H groups in total. The molecule has 0 fully saturated rings. The van der Waals surface area contributed by atoms with Crippen LogP contribution in [0, 0.1) is 17.2 Å². The number of aliphatic hydroxyl groups excluding tert-OH is 1. The van der Waals surface area contributed by atoms with Crippen LogP contribution in [0.15, 0.2) is 30.3 Å². The number of aliphatic hydroxyl groups is 1. The van der Waals surface area contributed by atoms with Crippen molar-refractivity contribution in [2.45, 2.75) is 57.8 Å². The lowest BCUT2D eigenvalue weighted by molar-refractivity contribution is -0.134. The molecule has 0 spiro atoms. The number of likely N-dealkylation sites (N-methyl/N-ethyl adjacent to an activating group) is 1. The SMILES string of the molecule is CNC(=O)[C@@H](NC(=O)[C@H](CC(C)C)NC(=O)[C@H](CC#N)NC(=O)c1ccccc1)[C@@H](C)O. The second kappa shape index (κ2) is 13.1. The lowest BCUT2D eigenvalue weighted by Gasteiger charge is -2.26. The number of amides is 4. The maximum atomic E-state index is 12.8. The van der Waals surface area contributed by atoms with E-state index < -0.39 is 47.9 Å². The van der Waals surface area contributed by atoms with Gasteiger partial charge < -0.3 is 26.4 Å². The van der Waals surface area contributed by atoms with Crippen LogP contribution in [-0.4, -0.2) is 60.0 Å². The number of hydrogen-bond donors (Lipinski definition) is 5. The van der Waals surface area contributed by atoms with Crippen LogP contribution in [-0.2, 0) is 14.4 Å². The molecule has 0 aliphatic heterocycles. The van der Waals surface area contributed by atoms with E-state index in [1.807, 2.05) is 19.9 Å². The van der Waals surface area contributed by atoms with Crippen molar-refractivity contribution in [2.75, 3.05) is 7.05 Å². The number of benzene rings is 1. The number of nitrogens with one attached hydrogen (secondary N) is 4. The molecule has 0 heterocycles. The van der Waals surface area contributed by atoms with Gasteiger partial charge in [0.25, 0.3) is 5.91 Å². The molecule has 0 bridgehead atoms. The van der Waals surface area contributed by atoms with E-state index in [9.17, 15) is 24.3 Å². The molecule has 0 saturated carbocycles. The van der Waals surface area contributed by atoms with Crippen LogP contribution in [0.2, 0.25) is 0 Å². The highest BCUT2D eigenvalue weighted by molar-refractivity contribution is 5.98. The number of hydrogen-bond acceptors (Lipinski definition) is 6. The third kappa shape index (κ3) is 8.35. The Morgan fingerprint density at radius 3 is 2.03 bits per heavy atom. The van der Waals surface area contributed by atoms with Crippen molar-refractivity contribution in [3.8, 4) is 6.07 Å². The van der Waals surface area contributed by atoms with Crippen molar-refractivity contribution in [3.63, 3.8) is 0 Å². The highest BCUT2D eigenvalue weighted by atomic mass is 16.3. The van der Waals surface area contributed by atoms with E-state index >= 15 is 0 Å². The van der Waals surface area contributed by atoms with Gasteiger partial charge in [0, 0.05) is 12.6 Å². The Hall–Kier alpha value is -3.45. The first-order valence-corrected chi connectivity index (χ1v) is 10.3. The number of carbonyl (C=O) groups excluding carboxylic acids is 4. The molecule has 0 aliphatic rings. The van der Waals surface area contributed by atoms with Gasteiger partial charge in [-0.2, -0.15) is 5.26 Å². The molecular formula is C22H31N5O5. The first kappa shape index (κ1) is 26.6. The summed E-state index contributed by atoms with van der Waals surface area (Å²) in [5.74, 6) is -2.47. The Morgan fingerprint density at radius 2 is 1.53 bits per heavy atom. The van der Waals surface area contributed by atoms with E-state index in [4.69, 9.17) is 5.26 Å². The lowest BCUT2D eigenvalue weighted by Crippen LogP contribution is -2.58. The molecule has 4 atom stereocenters. The molecule has 4 amide bonds. The second-order valence-corrected chi connectivity index (χ2v) is 7.79. The van der Waals surface area contributed by atoms with E-state index in [0.717, 1.165) is 0 Å². The summed E-state index contributed by atoms with van der Waals surface area (Å²) in [4.78, 5) is 50.0. The van der Waals surface area contributed by atoms with Gasteiger partial charge in [-0.25, -0.2) is 0 Å². The van der Waals surface area contributed by atoms with Crippen LogP contribution < -0.4 is 21.3 Å². The molecule has 0 aromatic heterocycles. The fourth-order valence-electron chi connectivity index (χ4n) is 2.92. The van der Waals surface area contributed by atoms with Crippen LogP contribution in [0.4, 0.5) is 0 Å². The molecule has 10 heteroatoms. The van der Waals surface area contributed by atoms with Gasteiger partial charge in [0.1, 0.15) is 18.1 Å². The first-order chi connectivity index (χ1) is 15.1. The minimum Gasteiger partial charge on any atom is -0.391 e. The highest BCUT2D eigenvalue weighted by Gasteiger charge is 2.31. The molecule has 0 saturated heterocycles. The van der Waals surface area contributed by atoms with Crippen LogP contribution >= 0.6 is 0 Å². The van der Waals surface area contributed by atoms with Gasteiger partial charge in [0.05, 0.1) is 18.6 Å². The highest BCUT2D eigenvalue weighted by Crippen LogP contribution is 2.08. The van der Waals surface area contributed by atoms with E-state index in [-0.39, 0.29) is 18.8 Å². The van der Waals surface area contributed by atoms with Gasteiger partial charge in [-0.1, -0.05) is 32.0 Å². The van der Waals surface area contributed by atoms with Crippen LogP contribution in [0.5, 0.6) is 0 Å². The summed E-state index contributed by atoms with van der Waals surface area (Å²) in [7, 11) is 1.37.